The second-order valence-corrected chi connectivity index (χ2v) is 6.61. The Morgan fingerprint density at radius 2 is 1.73 bits per heavy atom. The molecule has 1 aliphatic rings. The summed E-state index contributed by atoms with van der Waals surface area (Å²) in [5.41, 5.74) is 1.03. The van der Waals surface area contributed by atoms with Crippen molar-refractivity contribution < 1.29 is 4.79 Å². The van der Waals surface area contributed by atoms with Gasteiger partial charge in [-0.15, -0.1) is 34.0 Å². The van der Waals surface area contributed by atoms with Gasteiger partial charge in [-0.2, -0.15) is 0 Å². The van der Waals surface area contributed by atoms with Crippen LogP contribution in [0, 0.1) is 5.41 Å². The largest absolute Gasteiger partial charge is 0.330 e. The molecule has 0 saturated heterocycles. The number of aliphatic imine (C=N–C) groups is 1. The summed E-state index contributed by atoms with van der Waals surface area (Å²) in [5.74, 6) is 0.871. The average molecular weight is 442 g/mol. The Morgan fingerprint density at radius 3 is 2.14 bits per heavy atom. The molecule has 0 N–H and O–H groups in total. The van der Waals surface area contributed by atoms with Crippen LogP contribution in [0.25, 0.3) is 0 Å². The van der Waals surface area contributed by atoms with E-state index in [4.69, 9.17) is 0 Å². The van der Waals surface area contributed by atoms with Gasteiger partial charge in [0.25, 0.3) is 0 Å². The van der Waals surface area contributed by atoms with Gasteiger partial charge >= 0.3 is 6.03 Å². The highest BCUT2D eigenvalue weighted by Crippen LogP contribution is 2.30. The van der Waals surface area contributed by atoms with Gasteiger partial charge in [0.05, 0.1) is 0 Å². The van der Waals surface area contributed by atoms with Crippen LogP contribution in [0.1, 0.15) is 27.2 Å². The molecule has 1 rings (SSSR count). The second kappa shape index (κ2) is 9.67. The third-order valence-electron chi connectivity index (χ3n) is 3.21. The Labute approximate surface area is 156 Å². The van der Waals surface area contributed by atoms with Gasteiger partial charge in [0.15, 0.2) is 0 Å². The smallest absolute Gasteiger partial charge is 0.324 e. The SMILES string of the molecule is Br.Br.CC1=CC(C)(C)CC(N(CCN(C)C)C(=O)N(C)C)=N1. The molecule has 0 aliphatic carbocycles. The van der Waals surface area contributed by atoms with Gasteiger partial charge < -0.3 is 9.80 Å². The minimum Gasteiger partial charge on any atom is -0.330 e. The molecule has 22 heavy (non-hydrogen) atoms. The predicted octanol–water partition coefficient (Wildman–Crippen LogP) is 3.42. The van der Waals surface area contributed by atoms with Crippen molar-refractivity contribution >= 4 is 45.8 Å². The summed E-state index contributed by atoms with van der Waals surface area (Å²) in [7, 11) is 7.58. The van der Waals surface area contributed by atoms with E-state index in [9.17, 15) is 4.79 Å². The monoisotopic (exact) mass is 440 g/mol. The van der Waals surface area contributed by atoms with Crippen molar-refractivity contribution in [1.29, 1.82) is 0 Å². The van der Waals surface area contributed by atoms with Crippen molar-refractivity contribution in [3.8, 4) is 0 Å². The molecule has 0 fully saturated rings. The number of hydrogen-bond acceptors (Lipinski definition) is 3. The number of allylic oxidation sites excluding steroid dienone is 2. The molecule has 0 aromatic heterocycles. The van der Waals surface area contributed by atoms with Crippen LogP contribution in [0.5, 0.6) is 0 Å². The summed E-state index contributed by atoms with van der Waals surface area (Å²) in [6, 6.07) is -0.00361. The van der Waals surface area contributed by atoms with Crippen molar-refractivity contribution in [3.63, 3.8) is 0 Å². The van der Waals surface area contributed by atoms with Crippen molar-refractivity contribution in [2.75, 3.05) is 41.3 Å². The lowest BCUT2D eigenvalue weighted by Gasteiger charge is -2.34. The predicted molar refractivity (Wildman–Crippen MR) is 105 cm³/mol. The number of halogens is 2. The van der Waals surface area contributed by atoms with Gasteiger partial charge in [0.1, 0.15) is 5.84 Å². The molecule has 0 atom stereocenters. The first-order valence-electron chi connectivity index (χ1n) is 7.03. The summed E-state index contributed by atoms with van der Waals surface area (Å²) < 4.78 is 0. The van der Waals surface area contributed by atoms with Crippen LogP contribution in [0.3, 0.4) is 0 Å². The van der Waals surface area contributed by atoms with Crippen LogP contribution in [-0.4, -0.2) is 67.8 Å². The molecule has 0 radical (unpaired) electrons. The maximum atomic E-state index is 12.4. The van der Waals surface area contributed by atoms with E-state index in [1.165, 1.54) is 0 Å². The van der Waals surface area contributed by atoms with Crippen LogP contribution in [0.15, 0.2) is 16.8 Å². The number of carbonyl (C=O) groups excluding carboxylic acids is 1. The van der Waals surface area contributed by atoms with E-state index in [-0.39, 0.29) is 45.4 Å². The van der Waals surface area contributed by atoms with E-state index >= 15 is 0 Å². The molecule has 0 bridgehead atoms. The Bertz CT molecular complexity index is 431. The maximum Gasteiger partial charge on any atom is 0.324 e. The standard InChI is InChI=1S/C15H28N4O.2BrH/c1-12-10-15(2,3)11-13(16-12)19(9-8-17(4)5)14(20)18(6)7;;/h10H,8-9,11H2,1-7H3;2*1H. The molecule has 130 valence electrons. The average Bonchev–Trinajstić information content (AvgIpc) is 2.25. The lowest BCUT2D eigenvalue weighted by atomic mass is 9.86. The summed E-state index contributed by atoms with van der Waals surface area (Å²) in [6.07, 6.45) is 2.96. The molecule has 7 heteroatoms. The quantitative estimate of drug-likeness (QED) is 0.672. The molecular weight excluding hydrogens is 412 g/mol. The van der Waals surface area contributed by atoms with Crippen LogP contribution >= 0.6 is 34.0 Å². The van der Waals surface area contributed by atoms with Crippen molar-refractivity contribution in [3.05, 3.63) is 11.8 Å². The van der Waals surface area contributed by atoms with E-state index in [2.05, 4.69) is 29.8 Å². The molecule has 2 amide bonds. The minimum absolute atomic E-state index is 0. The number of carbonyl (C=O) groups is 1. The van der Waals surface area contributed by atoms with Gasteiger partial charge in [-0.1, -0.05) is 19.9 Å². The van der Waals surface area contributed by atoms with Crippen LogP contribution in [-0.2, 0) is 0 Å². The summed E-state index contributed by atoms with van der Waals surface area (Å²) >= 11 is 0. The third-order valence-corrected chi connectivity index (χ3v) is 3.21. The van der Waals surface area contributed by atoms with Crippen molar-refractivity contribution in [1.82, 2.24) is 14.7 Å². The summed E-state index contributed by atoms with van der Waals surface area (Å²) in [4.78, 5) is 22.5. The van der Waals surface area contributed by atoms with Gasteiger partial charge in [0.2, 0.25) is 0 Å². The van der Waals surface area contributed by atoms with E-state index in [1.54, 1.807) is 23.9 Å². The van der Waals surface area contributed by atoms with Gasteiger partial charge in [-0.3, -0.25) is 4.90 Å². The molecule has 0 unspecified atom stereocenters. The van der Waals surface area contributed by atoms with Gasteiger partial charge in [0, 0.05) is 39.3 Å². The fraction of sp³-hybridized carbons (Fsp3) is 0.733. The molecular formula is C15H30Br2N4O. The Kier molecular flexibility index (Phi) is 10.5. The molecule has 0 spiro atoms. The molecule has 0 aromatic rings. The molecule has 1 heterocycles. The first-order chi connectivity index (χ1) is 9.12. The zero-order valence-corrected chi connectivity index (χ0v) is 18.1. The number of likely N-dealkylation sites (N-methyl/N-ethyl adjacent to an activating group) is 1. The van der Waals surface area contributed by atoms with E-state index < -0.39 is 0 Å². The number of hydrogen-bond donors (Lipinski definition) is 0. The first kappa shape index (κ1) is 23.9. The lowest BCUT2D eigenvalue weighted by molar-refractivity contribution is 0.189. The highest BCUT2D eigenvalue weighted by atomic mass is 79.9. The zero-order chi connectivity index (χ0) is 15.5. The lowest BCUT2D eigenvalue weighted by Crippen LogP contribution is -2.47. The zero-order valence-electron chi connectivity index (χ0n) is 14.7. The highest BCUT2D eigenvalue weighted by Gasteiger charge is 2.29. The van der Waals surface area contributed by atoms with E-state index in [0.717, 1.165) is 24.5 Å². The Balaban J connectivity index is 0. The molecule has 5 nitrogen and oxygen atoms in total. The Morgan fingerprint density at radius 1 is 1.18 bits per heavy atom. The normalized spacial score (nSPS) is 16.0. The Hall–Kier alpha value is -0.400. The van der Waals surface area contributed by atoms with Gasteiger partial charge in [-0.05, 0) is 26.4 Å². The number of urea groups is 1. The van der Waals surface area contributed by atoms with Crippen LogP contribution < -0.4 is 0 Å². The minimum atomic E-state index is -0.00361. The second-order valence-electron chi connectivity index (χ2n) is 6.61. The number of nitrogens with zero attached hydrogens (tertiary/aromatic N) is 4. The van der Waals surface area contributed by atoms with Gasteiger partial charge in [-0.25, -0.2) is 9.79 Å². The molecule has 0 aromatic carbocycles. The topological polar surface area (TPSA) is 39.1 Å². The number of amidine groups is 1. The maximum absolute atomic E-state index is 12.4. The molecule has 0 saturated carbocycles. The van der Waals surface area contributed by atoms with Crippen LogP contribution in [0.4, 0.5) is 4.79 Å². The highest BCUT2D eigenvalue weighted by molar-refractivity contribution is 8.93. The third kappa shape index (κ3) is 7.24. The molecule has 1 aliphatic heterocycles. The summed E-state index contributed by atoms with van der Waals surface area (Å²) in [6.45, 7) is 7.82. The van der Waals surface area contributed by atoms with Crippen molar-refractivity contribution in [2.45, 2.75) is 27.2 Å². The van der Waals surface area contributed by atoms with Crippen LogP contribution in [0.2, 0.25) is 0 Å². The number of amides is 2. The summed E-state index contributed by atoms with van der Waals surface area (Å²) in [5, 5.41) is 0. The fourth-order valence-electron chi connectivity index (χ4n) is 2.33. The van der Waals surface area contributed by atoms with Crippen molar-refractivity contribution in [2.24, 2.45) is 10.4 Å². The number of rotatable bonds is 3. The first-order valence-corrected chi connectivity index (χ1v) is 7.03. The van der Waals surface area contributed by atoms with E-state index in [1.807, 2.05) is 21.0 Å². The van der Waals surface area contributed by atoms with E-state index in [0.29, 0.717) is 6.54 Å². The fourth-order valence-corrected chi connectivity index (χ4v) is 2.33.